The molecule has 0 fully saturated rings. The Labute approximate surface area is 348 Å². The SMILES string of the molecule is c1ccc(-n2c3ccccc3c3cc4c(cc32)Oc2cc(-c3ccc(-n5c6ccccc6c6ccccc65)cc3)cc3c2B4c2cc4c(cc2O3)sc2ccccc24)cc1. The molecule has 0 unspecified atom stereocenters. The highest BCUT2D eigenvalue weighted by Gasteiger charge is 2.41. The van der Waals surface area contributed by atoms with Gasteiger partial charge in [-0.2, -0.15) is 0 Å². The topological polar surface area (TPSA) is 28.3 Å². The zero-order chi connectivity index (χ0) is 39.1. The highest BCUT2D eigenvalue weighted by Crippen LogP contribution is 2.44. The van der Waals surface area contributed by atoms with Gasteiger partial charge in [-0.1, -0.05) is 115 Å². The van der Waals surface area contributed by atoms with E-state index in [1.54, 1.807) is 0 Å². The maximum atomic E-state index is 7.12. The summed E-state index contributed by atoms with van der Waals surface area (Å²) in [5.41, 5.74) is 12.5. The van der Waals surface area contributed by atoms with Gasteiger partial charge in [0.1, 0.15) is 23.0 Å². The lowest BCUT2D eigenvalue weighted by Gasteiger charge is -2.33. The molecule has 3 aromatic heterocycles. The number of para-hydroxylation sites is 4. The molecule has 0 aliphatic carbocycles. The van der Waals surface area contributed by atoms with Crippen molar-refractivity contribution in [3.63, 3.8) is 0 Å². The van der Waals surface area contributed by atoms with Crippen LogP contribution in [0.15, 0.2) is 188 Å². The first-order valence-corrected chi connectivity index (χ1v) is 21.3. The fourth-order valence-corrected chi connectivity index (χ4v) is 11.3. The third kappa shape index (κ3) is 4.46. The van der Waals surface area contributed by atoms with Gasteiger partial charge in [0.25, 0.3) is 6.71 Å². The summed E-state index contributed by atoms with van der Waals surface area (Å²) in [7, 11) is 0. The van der Waals surface area contributed by atoms with E-state index in [1.807, 2.05) is 11.3 Å². The predicted molar refractivity (Wildman–Crippen MR) is 251 cm³/mol. The molecule has 4 nitrogen and oxygen atoms in total. The summed E-state index contributed by atoms with van der Waals surface area (Å²) in [4.78, 5) is 0. The van der Waals surface area contributed by atoms with Crippen molar-refractivity contribution in [1.29, 1.82) is 0 Å². The van der Waals surface area contributed by atoms with E-state index >= 15 is 0 Å². The van der Waals surface area contributed by atoms with Crippen LogP contribution < -0.4 is 25.9 Å². The van der Waals surface area contributed by atoms with Gasteiger partial charge in [-0.05, 0) is 88.8 Å². The number of benzene rings is 9. The lowest BCUT2D eigenvalue weighted by atomic mass is 9.34. The average Bonchev–Trinajstić information content (AvgIpc) is 3.95. The van der Waals surface area contributed by atoms with Crippen molar-refractivity contribution >= 4 is 98.2 Å². The summed E-state index contributed by atoms with van der Waals surface area (Å²) in [6.07, 6.45) is 0. The molecule has 0 atom stereocenters. The molecular formula is C54H31BN2O2S. The van der Waals surface area contributed by atoms with Crippen molar-refractivity contribution in [3.05, 3.63) is 188 Å². The van der Waals surface area contributed by atoms with Gasteiger partial charge in [0.15, 0.2) is 0 Å². The molecule has 14 rings (SSSR count). The fraction of sp³-hybridized carbons (Fsp3) is 0. The summed E-state index contributed by atoms with van der Waals surface area (Å²) in [5.74, 6) is 3.43. The van der Waals surface area contributed by atoms with E-state index in [1.165, 1.54) is 63.7 Å². The number of aromatic nitrogens is 2. The molecule has 12 aromatic rings. The van der Waals surface area contributed by atoms with E-state index in [0.717, 1.165) is 61.9 Å². The Kier molecular flexibility index (Phi) is 6.49. The molecule has 0 bridgehead atoms. The van der Waals surface area contributed by atoms with Gasteiger partial charge in [-0.15, -0.1) is 11.3 Å². The smallest absolute Gasteiger partial charge is 0.260 e. The molecule has 0 spiro atoms. The number of thiophene rings is 1. The molecule has 0 radical (unpaired) electrons. The average molecular weight is 783 g/mol. The number of fused-ring (bicyclic) bond motifs is 13. The van der Waals surface area contributed by atoms with Crippen molar-refractivity contribution < 1.29 is 9.47 Å². The summed E-state index contributed by atoms with van der Waals surface area (Å²) in [6, 6.07) is 68.0. The van der Waals surface area contributed by atoms with Crippen LogP contribution in [0, 0.1) is 0 Å². The summed E-state index contributed by atoms with van der Waals surface area (Å²) < 4.78 is 21.4. The van der Waals surface area contributed by atoms with Crippen molar-refractivity contribution in [2.45, 2.75) is 0 Å². The molecule has 60 heavy (non-hydrogen) atoms. The Morgan fingerprint density at radius 3 is 1.53 bits per heavy atom. The molecule has 2 aliphatic heterocycles. The molecule has 2 aliphatic rings. The zero-order valence-corrected chi connectivity index (χ0v) is 32.9. The first-order chi connectivity index (χ1) is 29.7. The normalized spacial score (nSPS) is 12.9. The van der Waals surface area contributed by atoms with Gasteiger partial charge in [0.2, 0.25) is 0 Å². The molecule has 6 heteroatoms. The van der Waals surface area contributed by atoms with E-state index in [-0.39, 0.29) is 6.71 Å². The molecular weight excluding hydrogens is 751 g/mol. The maximum Gasteiger partial charge on any atom is 0.260 e. The van der Waals surface area contributed by atoms with E-state index in [9.17, 15) is 0 Å². The minimum absolute atomic E-state index is 0.0828. The predicted octanol–water partition coefficient (Wildman–Crippen LogP) is 12.6. The minimum atomic E-state index is -0.0828. The number of rotatable bonds is 3. The van der Waals surface area contributed by atoms with Gasteiger partial charge in [-0.25, -0.2) is 0 Å². The zero-order valence-electron chi connectivity index (χ0n) is 32.1. The number of hydrogen-bond acceptors (Lipinski definition) is 3. The molecule has 0 saturated heterocycles. The third-order valence-corrected chi connectivity index (χ3v) is 14.0. The van der Waals surface area contributed by atoms with Crippen LogP contribution in [0.5, 0.6) is 23.0 Å². The number of hydrogen-bond donors (Lipinski definition) is 0. The summed E-state index contributed by atoms with van der Waals surface area (Å²) >= 11 is 1.82. The van der Waals surface area contributed by atoms with Gasteiger partial charge in [0, 0.05) is 64.6 Å². The van der Waals surface area contributed by atoms with E-state index in [0.29, 0.717) is 0 Å². The first-order valence-electron chi connectivity index (χ1n) is 20.4. The minimum Gasteiger partial charge on any atom is -0.458 e. The van der Waals surface area contributed by atoms with Crippen LogP contribution in [-0.4, -0.2) is 15.8 Å². The van der Waals surface area contributed by atoms with Crippen LogP contribution in [0.3, 0.4) is 0 Å². The monoisotopic (exact) mass is 782 g/mol. The van der Waals surface area contributed by atoms with Crippen molar-refractivity contribution in [3.8, 4) is 45.5 Å². The van der Waals surface area contributed by atoms with E-state index < -0.39 is 0 Å². The molecule has 0 saturated carbocycles. The van der Waals surface area contributed by atoms with Crippen LogP contribution in [0.1, 0.15) is 0 Å². The Morgan fingerprint density at radius 1 is 0.350 bits per heavy atom. The van der Waals surface area contributed by atoms with Crippen molar-refractivity contribution in [1.82, 2.24) is 9.13 Å². The van der Waals surface area contributed by atoms with Crippen LogP contribution in [0.4, 0.5) is 0 Å². The standard InChI is InChI=1S/C54H31BN2O2S/c1-2-12-34(13-3-1)57-46-20-10-6-16-38(46)40-28-42-48(30-47(40)57)58-50-26-33(32-22-24-35(25-23-32)56-44-18-8-4-14-36(44)37-15-5-9-19-45(37)56)27-51-54(50)55(42)43-29-41-39-17-7-11-21-52(39)60-53(41)31-49(43)59-51/h1-31H. The second kappa shape index (κ2) is 12.0. The molecule has 5 heterocycles. The Hall–Kier alpha value is -7.54. The van der Waals surface area contributed by atoms with Crippen LogP contribution in [-0.2, 0) is 0 Å². The highest BCUT2D eigenvalue weighted by molar-refractivity contribution is 7.25. The van der Waals surface area contributed by atoms with Gasteiger partial charge < -0.3 is 18.6 Å². The van der Waals surface area contributed by atoms with E-state index in [4.69, 9.17) is 9.47 Å². The third-order valence-electron chi connectivity index (χ3n) is 12.8. The Morgan fingerprint density at radius 2 is 0.867 bits per heavy atom. The maximum absolute atomic E-state index is 7.12. The quantitative estimate of drug-likeness (QED) is 0.167. The largest absolute Gasteiger partial charge is 0.458 e. The Bertz CT molecular complexity index is 3730. The second-order valence-electron chi connectivity index (χ2n) is 16.0. The Balaban J connectivity index is 0.981. The lowest BCUT2D eigenvalue weighted by Crippen LogP contribution is -2.57. The van der Waals surface area contributed by atoms with Gasteiger partial charge in [0.05, 0.1) is 22.1 Å². The molecule has 0 N–H and O–H groups in total. The van der Waals surface area contributed by atoms with Crippen molar-refractivity contribution in [2.24, 2.45) is 0 Å². The number of nitrogens with zero attached hydrogens (tertiary/aromatic N) is 2. The van der Waals surface area contributed by atoms with Crippen LogP contribution in [0.25, 0.3) is 86.3 Å². The van der Waals surface area contributed by atoms with Crippen molar-refractivity contribution in [2.75, 3.05) is 0 Å². The second-order valence-corrected chi connectivity index (χ2v) is 17.1. The lowest BCUT2D eigenvalue weighted by molar-refractivity contribution is 0.465. The van der Waals surface area contributed by atoms with Gasteiger partial charge in [-0.3, -0.25) is 0 Å². The fourth-order valence-electron chi connectivity index (χ4n) is 10.2. The van der Waals surface area contributed by atoms with Gasteiger partial charge >= 0.3 is 0 Å². The molecule has 9 aromatic carbocycles. The summed E-state index contributed by atoms with van der Waals surface area (Å²) in [5, 5.41) is 7.47. The highest BCUT2D eigenvalue weighted by atomic mass is 32.1. The molecule has 0 amide bonds. The van der Waals surface area contributed by atoms with E-state index in [2.05, 4.69) is 197 Å². The van der Waals surface area contributed by atoms with Crippen LogP contribution in [0.2, 0.25) is 0 Å². The van der Waals surface area contributed by atoms with Crippen LogP contribution >= 0.6 is 11.3 Å². The first kappa shape index (κ1) is 32.4. The number of ether oxygens (including phenoxy) is 2. The molecule has 278 valence electrons. The summed E-state index contributed by atoms with van der Waals surface area (Å²) in [6.45, 7) is -0.0828.